The quantitative estimate of drug-likeness (QED) is 0.681. The van der Waals surface area contributed by atoms with Crippen LogP contribution < -0.4 is 10.4 Å². The summed E-state index contributed by atoms with van der Waals surface area (Å²) in [7, 11) is 0. The van der Waals surface area contributed by atoms with Gasteiger partial charge >= 0.3 is 5.63 Å². The van der Waals surface area contributed by atoms with Crippen LogP contribution in [0.25, 0.3) is 11.0 Å². The maximum absolute atomic E-state index is 11.7. The fraction of sp³-hybridized carbons (Fsp3) is 0.167. The van der Waals surface area contributed by atoms with E-state index in [4.69, 9.17) is 9.15 Å². The molecule has 0 aliphatic carbocycles. The van der Waals surface area contributed by atoms with Crippen molar-refractivity contribution in [2.45, 2.75) is 20.5 Å². The molecule has 0 amide bonds. The standard InChI is InChI=1S/C18H16O3/c1-12-8-16-14(11-20-15-6-4-3-5-7-15)10-18(19)21-17(16)9-13(12)2/h3-10H,11H2,1-2H3. The van der Waals surface area contributed by atoms with Crippen LogP contribution in [-0.2, 0) is 6.61 Å². The molecular weight excluding hydrogens is 264 g/mol. The van der Waals surface area contributed by atoms with Gasteiger partial charge in [0.25, 0.3) is 0 Å². The Morgan fingerprint density at radius 1 is 1.00 bits per heavy atom. The van der Waals surface area contributed by atoms with Crippen molar-refractivity contribution < 1.29 is 9.15 Å². The molecule has 1 heterocycles. The van der Waals surface area contributed by atoms with Gasteiger partial charge in [-0.3, -0.25) is 0 Å². The van der Waals surface area contributed by atoms with Crippen LogP contribution in [0.1, 0.15) is 16.7 Å². The second-order valence-electron chi connectivity index (χ2n) is 5.13. The number of fused-ring (bicyclic) bond motifs is 1. The molecule has 0 N–H and O–H groups in total. The molecule has 0 saturated carbocycles. The van der Waals surface area contributed by atoms with Gasteiger partial charge in [0, 0.05) is 17.0 Å². The van der Waals surface area contributed by atoms with Gasteiger partial charge in [0.2, 0.25) is 0 Å². The molecule has 0 bridgehead atoms. The van der Waals surface area contributed by atoms with Crippen molar-refractivity contribution in [1.29, 1.82) is 0 Å². The molecular formula is C18H16O3. The van der Waals surface area contributed by atoms with Crippen molar-refractivity contribution >= 4 is 11.0 Å². The maximum atomic E-state index is 11.7. The van der Waals surface area contributed by atoms with Crippen LogP contribution in [0.4, 0.5) is 0 Å². The first-order chi connectivity index (χ1) is 10.1. The minimum atomic E-state index is -0.350. The zero-order chi connectivity index (χ0) is 14.8. The van der Waals surface area contributed by atoms with E-state index in [0.717, 1.165) is 27.8 Å². The SMILES string of the molecule is Cc1cc2oc(=O)cc(COc3ccccc3)c2cc1C. The lowest BCUT2D eigenvalue weighted by atomic mass is 10.0. The lowest BCUT2D eigenvalue weighted by Crippen LogP contribution is -2.04. The summed E-state index contributed by atoms with van der Waals surface area (Å²) in [6.45, 7) is 4.39. The lowest BCUT2D eigenvalue weighted by molar-refractivity contribution is 0.306. The van der Waals surface area contributed by atoms with Crippen molar-refractivity contribution in [1.82, 2.24) is 0 Å². The van der Waals surface area contributed by atoms with E-state index in [1.54, 1.807) is 0 Å². The molecule has 2 aromatic carbocycles. The van der Waals surface area contributed by atoms with Crippen LogP contribution in [0.5, 0.6) is 5.75 Å². The van der Waals surface area contributed by atoms with Crippen LogP contribution in [0.15, 0.2) is 57.7 Å². The predicted octanol–water partition coefficient (Wildman–Crippen LogP) is 3.99. The molecule has 3 aromatic rings. The second-order valence-corrected chi connectivity index (χ2v) is 5.13. The lowest BCUT2D eigenvalue weighted by Gasteiger charge is -2.09. The Labute approximate surface area is 122 Å². The molecule has 3 heteroatoms. The summed E-state index contributed by atoms with van der Waals surface area (Å²) in [5.74, 6) is 0.780. The zero-order valence-corrected chi connectivity index (χ0v) is 12.1. The van der Waals surface area contributed by atoms with Gasteiger partial charge in [0.15, 0.2) is 0 Å². The molecule has 0 atom stereocenters. The minimum absolute atomic E-state index is 0.342. The highest BCUT2D eigenvalue weighted by Crippen LogP contribution is 2.22. The van der Waals surface area contributed by atoms with Crippen molar-refractivity contribution in [3.8, 4) is 5.75 Å². The van der Waals surface area contributed by atoms with E-state index in [9.17, 15) is 4.79 Å². The number of benzene rings is 2. The Kier molecular flexibility index (Phi) is 3.48. The summed E-state index contributed by atoms with van der Waals surface area (Å²) in [5, 5.41) is 0.925. The van der Waals surface area contributed by atoms with E-state index in [-0.39, 0.29) is 5.63 Å². The highest BCUT2D eigenvalue weighted by atomic mass is 16.5. The van der Waals surface area contributed by atoms with E-state index < -0.39 is 0 Å². The van der Waals surface area contributed by atoms with Crippen LogP contribution in [0.2, 0.25) is 0 Å². The molecule has 0 aliphatic rings. The third-order valence-electron chi connectivity index (χ3n) is 3.58. The Morgan fingerprint density at radius 3 is 2.48 bits per heavy atom. The third kappa shape index (κ3) is 2.82. The summed E-state index contributed by atoms with van der Waals surface area (Å²) in [6, 6.07) is 15.0. The van der Waals surface area contributed by atoms with Gasteiger partial charge in [-0.25, -0.2) is 4.79 Å². The fourth-order valence-electron chi connectivity index (χ4n) is 2.28. The van der Waals surface area contributed by atoms with Gasteiger partial charge in [0.05, 0.1) is 0 Å². The summed E-state index contributed by atoms with van der Waals surface area (Å²) >= 11 is 0. The minimum Gasteiger partial charge on any atom is -0.489 e. The number of ether oxygens (including phenoxy) is 1. The predicted molar refractivity (Wildman–Crippen MR) is 82.7 cm³/mol. The summed E-state index contributed by atoms with van der Waals surface area (Å²) in [6.07, 6.45) is 0. The van der Waals surface area contributed by atoms with Gasteiger partial charge in [0.1, 0.15) is 17.9 Å². The molecule has 21 heavy (non-hydrogen) atoms. The van der Waals surface area contributed by atoms with Crippen LogP contribution >= 0.6 is 0 Å². The normalized spacial score (nSPS) is 10.8. The van der Waals surface area contributed by atoms with Crippen molar-refractivity contribution in [3.05, 3.63) is 75.6 Å². The van der Waals surface area contributed by atoms with E-state index in [2.05, 4.69) is 0 Å². The second kappa shape index (κ2) is 5.44. The van der Waals surface area contributed by atoms with Gasteiger partial charge in [-0.1, -0.05) is 18.2 Å². The van der Waals surface area contributed by atoms with Crippen LogP contribution in [0, 0.1) is 13.8 Å². The topological polar surface area (TPSA) is 39.4 Å². The summed E-state index contributed by atoms with van der Waals surface area (Å²) < 4.78 is 11.0. The monoisotopic (exact) mass is 280 g/mol. The van der Waals surface area contributed by atoms with Crippen LogP contribution in [0.3, 0.4) is 0 Å². The number of aryl methyl sites for hydroxylation is 2. The van der Waals surface area contributed by atoms with E-state index in [1.807, 2.05) is 56.3 Å². The molecule has 0 unspecified atom stereocenters. The first kappa shape index (κ1) is 13.4. The highest BCUT2D eigenvalue weighted by Gasteiger charge is 2.08. The Hall–Kier alpha value is -2.55. The van der Waals surface area contributed by atoms with Gasteiger partial charge in [-0.2, -0.15) is 0 Å². The number of hydrogen-bond acceptors (Lipinski definition) is 3. The average molecular weight is 280 g/mol. The van der Waals surface area contributed by atoms with Gasteiger partial charge in [-0.05, 0) is 49.2 Å². The molecule has 0 radical (unpaired) electrons. The van der Waals surface area contributed by atoms with Gasteiger partial charge in [-0.15, -0.1) is 0 Å². The third-order valence-corrected chi connectivity index (χ3v) is 3.58. The van der Waals surface area contributed by atoms with Gasteiger partial charge < -0.3 is 9.15 Å². The first-order valence-electron chi connectivity index (χ1n) is 6.85. The number of rotatable bonds is 3. The fourth-order valence-corrected chi connectivity index (χ4v) is 2.28. The van der Waals surface area contributed by atoms with E-state index in [1.165, 1.54) is 6.07 Å². The molecule has 106 valence electrons. The molecule has 0 fully saturated rings. The Morgan fingerprint density at radius 2 is 1.71 bits per heavy atom. The molecule has 1 aromatic heterocycles. The Bertz CT molecular complexity index is 832. The summed E-state index contributed by atoms with van der Waals surface area (Å²) in [4.78, 5) is 11.7. The van der Waals surface area contributed by atoms with Crippen LogP contribution in [-0.4, -0.2) is 0 Å². The molecule has 3 rings (SSSR count). The van der Waals surface area contributed by atoms with Crippen molar-refractivity contribution in [2.24, 2.45) is 0 Å². The maximum Gasteiger partial charge on any atom is 0.336 e. The Balaban J connectivity index is 2.01. The first-order valence-corrected chi connectivity index (χ1v) is 6.85. The molecule has 0 saturated heterocycles. The summed E-state index contributed by atoms with van der Waals surface area (Å²) in [5.41, 5.74) is 3.37. The molecule has 3 nitrogen and oxygen atoms in total. The zero-order valence-electron chi connectivity index (χ0n) is 12.1. The molecule has 0 spiro atoms. The average Bonchev–Trinajstić information content (AvgIpc) is 2.48. The number of para-hydroxylation sites is 1. The van der Waals surface area contributed by atoms with Crippen molar-refractivity contribution in [2.75, 3.05) is 0 Å². The smallest absolute Gasteiger partial charge is 0.336 e. The van der Waals surface area contributed by atoms with E-state index in [0.29, 0.717) is 12.2 Å². The largest absolute Gasteiger partial charge is 0.489 e. The van der Waals surface area contributed by atoms with E-state index >= 15 is 0 Å². The number of hydrogen-bond donors (Lipinski definition) is 0. The molecule has 0 aliphatic heterocycles. The highest BCUT2D eigenvalue weighted by molar-refractivity contribution is 5.81. The van der Waals surface area contributed by atoms with Crippen molar-refractivity contribution in [3.63, 3.8) is 0 Å².